The predicted octanol–water partition coefficient (Wildman–Crippen LogP) is 9.53. The quantitative estimate of drug-likeness (QED) is 0.0671. The molecule has 0 bridgehead atoms. The molecule has 2 N–H and O–H groups in total. The molecule has 240 valence electrons. The number of hydrogen-bond donors (Lipinski definition) is 2. The fourth-order valence-electron chi connectivity index (χ4n) is 4.93. The molecule has 0 radical (unpaired) electrons. The van der Waals surface area contributed by atoms with Crippen LogP contribution in [0.1, 0.15) is 141 Å². The number of unbranched alkanes of at least 4 members (excludes halogenated alkanes) is 19. The van der Waals surface area contributed by atoms with Gasteiger partial charge in [0.1, 0.15) is 11.9 Å². The minimum Gasteiger partial charge on any atom is -0.497 e. The summed E-state index contributed by atoms with van der Waals surface area (Å²) in [6.07, 6.45) is 26.5. The van der Waals surface area contributed by atoms with Crippen LogP contribution in [0.3, 0.4) is 0 Å². The number of phosphoric ester groups is 1. The molecular weight excluding hydrogens is 539 g/mol. The van der Waals surface area contributed by atoms with Crippen molar-refractivity contribution in [1.29, 1.82) is 0 Å². The minimum absolute atomic E-state index is 0.223. The molecule has 0 aliphatic rings. The first-order chi connectivity index (χ1) is 19.9. The summed E-state index contributed by atoms with van der Waals surface area (Å²) in [6, 6.07) is 7.46. The molecule has 7 nitrogen and oxygen atoms in total. The van der Waals surface area contributed by atoms with Crippen LogP contribution in [0, 0.1) is 0 Å². The summed E-state index contributed by atoms with van der Waals surface area (Å²) in [4.78, 5) is 18.1. The first kappa shape index (κ1) is 38.1. The van der Waals surface area contributed by atoms with E-state index in [1.54, 1.807) is 7.11 Å². The third-order valence-electron chi connectivity index (χ3n) is 7.52. The van der Waals surface area contributed by atoms with Crippen LogP contribution < -0.4 is 4.74 Å². The highest BCUT2D eigenvalue weighted by atomic mass is 31.2. The first-order valence-corrected chi connectivity index (χ1v) is 18.0. The Morgan fingerprint density at radius 2 is 1.10 bits per heavy atom. The molecule has 0 aliphatic carbocycles. The van der Waals surface area contributed by atoms with Crippen LogP contribution in [-0.4, -0.2) is 42.8 Å². The molecule has 0 spiro atoms. The summed E-state index contributed by atoms with van der Waals surface area (Å²) < 4.78 is 32.5. The lowest BCUT2D eigenvalue weighted by Gasteiger charge is -2.18. The first-order valence-electron chi connectivity index (χ1n) is 16.5. The molecule has 0 amide bonds. The zero-order valence-corrected chi connectivity index (χ0v) is 27.1. The van der Waals surface area contributed by atoms with Crippen molar-refractivity contribution >= 4 is 7.82 Å². The van der Waals surface area contributed by atoms with Crippen molar-refractivity contribution in [2.75, 3.05) is 26.9 Å². The van der Waals surface area contributed by atoms with E-state index < -0.39 is 13.9 Å². The van der Waals surface area contributed by atoms with Crippen LogP contribution in [0.25, 0.3) is 0 Å². The Hall–Kier alpha value is -0.950. The van der Waals surface area contributed by atoms with Gasteiger partial charge in [0.2, 0.25) is 0 Å². The van der Waals surface area contributed by atoms with Gasteiger partial charge < -0.3 is 24.0 Å². The highest BCUT2D eigenvalue weighted by molar-refractivity contribution is 7.46. The summed E-state index contributed by atoms with van der Waals surface area (Å²) in [7, 11) is -2.95. The third-order valence-corrected chi connectivity index (χ3v) is 8.00. The van der Waals surface area contributed by atoms with Gasteiger partial charge in [0.25, 0.3) is 0 Å². The molecule has 0 aromatic heterocycles. The maximum atomic E-state index is 11.1. The monoisotopic (exact) mass is 600 g/mol. The molecule has 0 aliphatic heterocycles. The van der Waals surface area contributed by atoms with Crippen molar-refractivity contribution in [3.8, 4) is 5.75 Å². The van der Waals surface area contributed by atoms with Gasteiger partial charge in [0.05, 0.1) is 26.9 Å². The second kappa shape index (κ2) is 26.7. The highest BCUT2D eigenvalue weighted by Gasteiger charge is 2.19. The summed E-state index contributed by atoms with van der Waals surface area (Å²) in [6.45, 7) is 3.19. The normalized spacial score (nSPS) is 12.6. The van der Waals surface area contributed by atoms with Crippen LogP contribution in [0.2, 0.25) is 0 Å². The van der Waals surface area contributed by atoms with Gasteiger partial charge in [0.15, 0.2) is 0 Å². The van der Waals surface area contributed by atoms with E-state index in [0.717, 1.165) is 24.2 Å². The van der Waals surface area contributed by atoms with Crippen molar-refractivity contribution in [1.82, 2.24) is 0 Å². The van der Waals surface area contributed by atoms with Gasteiger partial charge in [0, 0.05) is 6.61 Å². The van der Waals surface area contributed by atoms with Gasteiger partial charge in [-0.3, -0.25) is 4.52 Å². The van der Waals surface area contributed by atoms with E-state index in [4.69, 9.17) is 24.0 Å². The van der Waals surface area contributed by atoms with Crippen molar-refractivity contribution in [2.45, 2.75) is 148 Å². The molecular formula is C33H61O7P. The molecule has 1 aromatic carbocycles. The van der Waals surface area contributed by atoms with E-state index >= 15 is 0 Å². The summed E-state index contributed by atoms with van der Waals surface area (Å²) in [5, 5.41) is 0. The lowest BCUT2D eigenvalue weighted by atomic mass is 10.0. The summed E-state index contributed by atoms with van der Waals surface area (Å²) >= 11 is 0. The largest absolute Gasteiger partial charge is 0.497 e. The van der Waals surface area contributed by atoms with E-state index in [9.17, 15) is 4.57 Å². The number of methoxy groups -OCH3 is 1. The standard InChI is InChI=1S/C33H61O7P/c1-3-4-5-6-7-8-9-10-11-12-13-14-15-16-17-18-19-20-21-22-27-38-29-33(30-40-41(34,35)36)39-28-31-23-25-32(37-2)26-24-31/h23-26,33H,3-22,27-30H2,1-2H3,(H2,34,35,36)/t33-/m1/s1. The molecule has 41 heavy (non-hydrogen) atoms. The number of rotatable bonds is 30. The van der Waals surface area contributed by atoms with Crippen LogP contribution in [0.5, 0.6) is 5.75 Å². The minimum atomic E-state index is -4.56. The number of benzene rings is 1. The van der Waals surface area contributed by atoms with Gasteiger partial charge in [-0.15, -0.1) is 0 Å². The number of ether oxygens (including phenoxy) is 3. The van der Waals surface area contributed by atoms with Crippen molar-refractivity contribution < 1.29 is 33.1 Å². The topological polar surface area (TPSA) is 94.5 Å². The molecule has 0 saturated carbocycles. The van der Waals surface area contributed by atoms with Gasteiger partial charge in [-0.25, -0.2) is 4.57 Å². The van der Waals surface area contributed by atoms with Gasteiger partial charge in [-0.1, -0.05) is 141 Å². The van der Waals surface area contributed by atoms with Crippen molar-refractivity contribution in [3.05, 3.63) is 29.8 Å². The van der Waals surface area contributed by atoms with Gasteiger partial charge >= 0.3 is 7.82 Å². The zero-order chi connectivity index (χ0) is 29.9. The molecule has 0 saturated heterocycles. The third kappa shape index (κ3) is 25.3. The summed E-state index contributed by atoms with van der Waals surface area (Å²) in [5.74, 6) is 0.758. The van der Waals surface area contributed by atoms with E-state index in [1.165, 1.54) is 116 Å². The van der Waals surface area contributed by atoms with Gasteiger partial charge in [-0.2, -0.15) is 0 Å². The maximum absolute atomic E-state index is 11.1. The van der Waals surface area contributed by atoms with Crippen molar-refractivity contribution in [2.24, 2.45) is 0 Å². The maximum Gasteiger partial charge on any atom is 0.469 e. The molecule has 0 unspecified atom stereocenters. The Morgan fingerprint density at radius 3 is 1.51 bits per heavy atom. The Morgan fingerprint density at radius 1 is 0.659 bits per heavy atom. The van der Waals surface area contributed by atoms with Crippen LogP contribution in [0.15, 0.2) is 24.3 Å². The Kier molecular flexibility index (Phi) is 24.8. The second-order valence-electron chi connectivity index (χ2n) is 11.4. The van der Waals surface area contributed by atoms with E-state index in [1.807, 2.05) is 24.3 Å². The predicted molar refractivity (Wildman–Crippen MR) is 168 cm³/mol. The van der Waals surface area contributed by atoms with E-state index in [0.29, 0.717) is 13.2 Å². The van der Waals surface area contributed by atoms with Crippen LogP contribution in [0.4, 0.5) is 0 Å². The lowest BCUT2D eigenvalue weighted by Crippen LogP contribution is -2.25. The zero-order valence-electron chi connectivity index (χ0n) is 26.2. The summed E-state index contributed by atoms with van der Waals surface area (Å²) in [5.41, 5.74) is 0.932. The number of hydrogen-bond acceptors (Lipinski definition) is 5. The Bertz CT molecular complexity index is 738. The molecule has 0 heterocycles. The average molecular weight is 601 g/mol. The highest BCUT2D eigenvalue weighted by Crippen LogP contribution is 2.36. The van der Waals surface area contributed by atoms with Gasteiger partial charge in [-0.05, 0) is 24.1 Å². The van der Waals surface area contributed by atoms with E-state index in [-0.39, 0.29) is 13.2 Å². The van der Waals surface area contributed by atoms with Crippen molar-refractivity contribution in [3.63, 3.8) is 0 Å². The van der Waals surface area contributed by atoms with E-state index in [2.05, 4.69) is 11.4 Å². The second-order valence-corrected chi connectivity index (χ2v) is 12.6. The Labute approximate surface area is 251 Å². The smallest absolute Gasteiger partial charge is 0.469 e. The fourth-order valence-corrected chi connectivity index (χ4v) is 5.29. The average Bonchev–Trinajstić information content (AvgIpc) is 2.96. The van der Waals surface area contributed by atoms with Crippen LogP contribution >= 0.6 is 7.82 Å². The number of phosphoric acid groups is 1. The molecule has 0 fully saturated rings. The molecule has 8 heteroatoms. The molecule has 1 rings (SSSR count). The van der Waals surface area contributed by atoms with Crippen LogP contribution in [-0.2, 0) is 25.2 Å². The molecule has 1 aromatic rings. The fraction of sp³-hybridized carbons (Fsp3) is 0.818. The molecule has 1 atom stereocenters. The SMILES string of the molecule is CCCCCCCCCCCCCCCCCCCCCCOC[C@H](COP(=O)(O)O)OCc1ccc(OC)cc1. The lowest BCUT2D eigenvalue weighted by molar-refractivity contribution is -0.0493. The Balaban J connectivity index is 1.94.